The van der Waals surface area contributed by atoms with Gasteiger partial charge in [0.15, 0.2) is 16.9 Å². The van der Waals surface area contributed by atoms with E-state index in [0.29, 0.717) is 30.5 Å². The molecule has 2 saturated heterocycles. The topological polar surface area (TPSA) is 88.7 Å². The number of nitrogens with zero attached hydrogens (tertiary/aromatic N) is 4. The lowest BCUT2D eigenvalue weighted by atomic mass is 10.1. The van der Waals surface area contributed by atoms with Crippen molar-refractivity contribution in [2.75, 3.05) is 13.1 Å². The van der Waals surface area contributed by atoms with Crippen molar-refractivity contribution >= 4 is 11.8 Å². The minimum Gasteiger partial charge on any atom is -0.456 e. The normalized spacial score (nSPS) is 23.5. The van der Waals surface area contributed by atoms with Gasteiger partial charge in [0, 0.05) is 43.9 Å². The number of carbonyl (C=O) groups excluding carboxylic acids is 2. The Bertz CT molecular complexity index is 1050. The van der Waals surface area contributed by atoms with Crippen molar-refractivity contribution in [1.82, 2.24) is 19.6 Å². The van der Waals surface area contributed by atoms with Crippen molar-refractivity contribution in [2.24, 2.45) is 7.05 Å². The van der Waals surface area contributed by atoms with Crippen LogP contribution in [0.3, 0.4) is 0 Å². The smallest absolute Gasteiger partial charge is 0.290 e. The molecule has 5 rings (SSSR count). The molecule has 0 unspecified atom stereocenters. The van der Waals surface area contributed by atoms with Gasteiger partial charge in [-0.25, -0.2) is 0 Å². The number of aromatic nitrogens is 2. The first-order valence-electron chi connectivity index (χ1n) is 10.2. The van der Waals surface area contributed by atoms with Gasteiger partial charge in [0.2, 0.25) is 0 Å². The molecule has 3 aliphatic rings. The highest BCUT2D eigenvalue weighted by Crippen LogP contribution is 2.40. The van der Waals surface area contributed by atoms with Gasteiger partial charge >= 0.3 is 0 Å². The van der Waals surface area contributed by atoms with E-state index in [1.165, 1.54) is 12.1 Å². The maximum Gasteiger partial charge on any atom is 0.290 e. The number of likely N-dealkylation sites (tertiary alicyclic amines) is 2. The Morgan fingerprint density at radius 1 is 1.00 bits per heavy atom. The third-order valence-electron chi connectivity index (χ3n) is 6.33. The minimum atomic E-state index is -0.276. The van der Waals surface area contributed by atoms with Crippen molar-refractivity contribution in [3.8, 4) is 0 Å². The molecule has 0 N–H and O–H groups in total. The van der Waals surface area contributed by atoms with Gasteiger partial charge < -0.3 is 14.2 Å². The number of rotatable bonds is 3. The SMILES string of the molecule is Cc1cc(=O)cc(C(=O)N2CC[C@H]3[C@@H]2CCN3C(=O)c2cc(C3CC3)n(C)n2)o1. The Morgan fingerprint density at radius 2 is 1.66 bits per heavy atom. The van der Waals surface area contributed by atoms with Crippen molar-refractivity contribution in [2.45, 2.75) is 50.6 Å². The summed E-state index contributed by atoms with van der Waals surface area (Å²) in [5.41, 5.74) is 1.38. The predicted octanol–water partition coefficient (Wildman–Crippen LogP) is 1.69. The molecule has 3 fully saturated rings. The van der Waals surface area contributed by atoms with Crippen molar-refractivity contribution in [1.29, 1.82) is 0 Å². The van der Waals surface area contributed by atoms with Gasteiger partial charge in [-0.2, -0.15) is 5.10 Å². The van der Waals surface area contributed by atoms with E-state index in [1.807, 2.05) is 22.7 Å². The fourth-order valence-electron chi connectivity index (χ4n) is 4.84. The lowest BCUT2D eigenvalue weighted by Gasteiger charge is -2.25. The fraction of sp³-hybridized carbons (Fsp3) is 0.524. The lowest BCUT2D eigenvalue weighted by molar-refractivity contribution is 0.0667. The second-order valence-corrected chi connectivity index (χ2v) is 8.33. The summed E-state index contributed by atoms with van der Waals surface area (Å²) in [5.74, 6) is 0.683. The number of aryl methyl sites for hydroxylation is 2. The molecular weight excluding hydrogens is 372 g/mol. The number of fused-ring (bicyclic) bond motifs is 1. The predicted molar refractivity (Wildman–Crippen MR) is 104 cm³/mol. The van der Waals surface area contributed by atoms with Crippen LogP contribution in [0.1, 0.15) is 64.1 Å². The summed E-state index contributed by atoms with van der Waals surface area (Å²) < 4.78 is 7.31. The molecule has 2 amide bonds. The highest BCUT2D eigenvalue weighted by molar-refractivity contribution is 5.94. The van der Waals surface area contributed by atoms with E-state index in [-0.39, 0.29) is 35.1 Å². The quantitative estimate of drug-likeness (QED) is 0.788. The van der Waals surface area contributed by atoms with E-state index < -0.39 is 0 Å². The van der Waals surface area contributed by atoms with E-state index in [9.17, 15) is 14.4 Å². The third-order valence-corrected chi connectivity index (χ3v) is 6.33. The first-order chi connectivity index (χ1) is 13.9. The molecule has 0 radical (unpaired) electrons. The number of hydrogen-bond donors (Lipinski definition) is 0. The van der Waals surface area contributed by atoms with Gasteiger partial charge in [-0.3, -0.25) is 19.1 Å². The van der Waals surface area contributed by atoms with Crippen LogP contribution in [-0.2, 0) is 7.05 Å². The summed E-state index contributed by atoms with van der Waals surface area (Å²) in [6, 6.07) is 4.46. The summed E-state index contributed by atoms with van der Waals surface area (Å²) in [6.07, 6.45) is 3.77. The monoisotopic (exact) mass is 396 g/mol. The highest BCUT2D eigenvalue weighted by Gasteiger charge is 2.47. The first kappa shape index (κ1) is 18.1. The zero-order chi connectivity index (χ0) is 20.3. The van der Waals surface area contributed by atoms with Crippen LogP contribution in [0.2, 0.25) is 0 Å². The van der Waals surface area contributed by atoms with Gasteiger partial charge in [0.25, 0.3) is 11.8 Å². The van der Waals surface area contributed by atoms with Crippen LogP contribution in [0.25, 0.3) is 0 Å². The van der Waals surface area contributed by atoms with Crippen LogP contribution in [0.15, 0.2) is 27.4 Å². The molecule has 8 heteroatoms. The Kier molecular flexibility index (Phi) is 4.11. The van der Waals surface area contributed by atoms with E-state index in [2.05, 4.69) is 5.10 Å². The number of hydrogen-bond acceptors (Lipinski definition) is 5. The molecule has 0 bridgehead atoms. The standard InChI is InChI=1S/C21H24N4O4/c1-12-9-14(26)10-19(29-12)21(28)25-8-6-16-17(25)5-7-24(16)20(27)15-11-18(13-3-4-13)23(2)22-15/h9-11,13,16-17H,3-8H2,1-2H3/t16-,17-/m0/s1. The summed E-state index contributed by atoms with van der Waals surface area (Å²) in [6.45, 7) is 2.81. The van der Waals surface area contributed by atoms with Gasteiger partial charge in [0.05, 0.1) is 12.1 Å². The molecule has 0 spiro atoms. The maximum absolute atomic E-state index is 13.1. The van der Waals surface area contributed by atoms with Crippen LogP contribution >= 0.6 is 0 Å². The zero-order valence-corrected chi connectivity index (χ0v) is 16.6. The molecular formula is C21H24N4O4. The van der Waals surface area contributed by atoms with Crippen molar-refractivity contribution in [3.63, 3.8) is 0 Å². The molecule has 152 valence electrons. The molecule has 29 heavy (non-hydrogen) atoms. The molecule has 2 aromatic heterocycles. The second-order valence-electron chi connectivity index (χ2n) is 8.33. The van der Waals surface area contributed by atoms with Gasteiger partial charge in [-0.1, -0.05) is 0 Å². The minimum absolute atomic E-state index is 0.0191. The molecule has 2 aromatic rings. The summed E-state index contributed by atoms with van der Waals surface area (Å²) in [7, 11) is 1.89. The fourth-order valence-corrected chi connectivity index (χ4v) is 4.84. The summed E-state index contributed by atoms with van der Waals surface area (Å²) in [4.78, 5) is 41.4. The van der Waals surface area contributed by atoms with Crippen molar-refractivity contribution in [3.05, 3.63) is 51.3 Å². The molecule has 1 aliphatic carbocycles. The molecule has 4 heterocycles. The van der Waals surface area contributed by atoms with Gasteiger partial charge in [-0.05, 0) is 38.7 Å². The Morgan fingerprint density at radius 3 is 2.28 bits per heavy atom. The molecule has 1 saturated carbocycles. The maximum atomic E-state index is 13.1. The average molecular weight is 396 g/mol. The largest absolute Gasteiger partial charge is 0.456 e. The van der Waals surface area contributed by atoms with Crippen LogP contribution in [-0.4, -0.2) is 56.6 Å². The zero-order valence-electron chi connectivity index (χ0n) is 16.6. The summed E-state index contributed by atoms with van der Waals surface area (Å²) >= 11 is 0. The first-order valence-corrected chi connectivity index (χ1v) is 10.2. The van der Waals surface area contributed by atoms with Crippen LogP contribution in [0, 0.1) is 6.92 Å². The molecule has 0 aromatic carbocycles. The van der Waals surface area contributed by atoms with E-state index >= 15 is 0 Å². The van der Waals surface area contributed by atoms with E-state index in [1.54, 1.807) is 11.8 Å². The average Bonchev–Trinajstić information content (AvgIpc) is 3.11. The summed E-state index contributed by atoms with van der Waals surface area (Å²) in [5, 5.41) is 4.45. The van der Waals surface area contributed by atoms with Gasteiger partial charge in [0.1, 0.15) is 5.76 Å². The van der Waals surface area contributed by atoms with Gasteiger partial charge in [-0.15, -0.1) is 0 Å². The molecule has 8 nitrogen and oxygen atoms in total. The van der Waals surface area contributed by atoms with Crippen LogP contribution in [0.5, 0.6) is 0 Å². The Labute approximate surface area is 168 Å². The van der Waals surface area contributed by atoms with E-state index in [0.717, 1.165) is 31.4 Å². The van der Waals surface area contributed by atoms with Crippen LogP contribution in [0.4, 0.5) is 0 Å². The lowest BCUT2D eigenvalue weighted by Crippen LogP contribution is -2.41. The van der Waals surface area contributed by atoms with Crippen molar-refractivity contribution < 1.29 is 14.0 Å². The Hall–Kier alpha value is -2.90. The van der Waals surface area contributed by atoms with E-state index in [4.69, 9.17) is 4.42 Å². The molecule has 2 atom stereocenters. The van der Waals surface area contributed by atoms with Crippen LogP contribution < -0.4 is 5.43 Å². The Balaban J connectivity index is 1.34. The number of amides is 2. The third kappa shape index (κ3) is 3.07. The molecule has 2 aliphatic heterocycles. The highest BCUT2D eigenvalue weighted by atomic mass is 16.3. The number of carbonyl (C=O) groups is 2. The second kappa shape index (κ2) is 6.57.